The Morgan fingerprint density at radius 2 is 2.00 bits per heavy atom. The van der Waals surface area contributed by atoms with Crippen LogP contribution in [0.3, 0.4) is 0 Å². The van der Waals surface area contributed by atoms with Gasteiger partial charge in [0.05, 0.1) is 6.07 Å². The van der Waals surface area contributed by atoms with Crippen molar-refractivity contribution in [3.05, 3.63) is 6.92 Å². The summed E-state index contributed by atoms with van der Waals surface area (Å²) in [5.41, 5.74) is 0. The fourth-order valence-corrected chi connectivity index (χ4v) is 0. The third kappa shape index (κ3) is 15.1. The molecule has 0 atom stereocenters. The second-order valence-corrected chi connectivity index (χ2v) is 0.408. The summed E-state index contributed by atoms with van der Waals surface area (Å²) in [6.07, 6.45) is 0.375. The van der Waals surface area contributed by atoms with Gasteiger partial charge < -0.3 is 0 Å². The van der Waals surface area contributed by atoms with Crippen molar-refractivity contribution in [2.24, 2.45) is 0 Å². The Morgan fingerprint density at radius 1 is 1.80 bits per heavy atom. The van der Waals surface area contributed by atoms with Crippen LogP contribution >= 0.6 is 0 Å². The molecule has 0 aliphatic rings. The Bertz CT molecular complexity index is 36.6. The van der Waals surface area contributed by atoms with E-state index in [-0.39, 0.29) is 18.9 Å². The summed E-state index contributed by atoms with van der Waals surface area (Å²) < 4.78 is 0. The molecule has 0 fully saturated rings. The summed E-state index contributed by atoms with van der Waals surface area (Å²) >= 11 is 0. The minimum absolute atomic E-state index is 0. The Morgan fingerprint density at radius 3 is 2.00 bits per heavy atom. The van der Waals surface area contributed by atoms with E-state index in [2.05, 4.69) is 6.92 Å². The monoisotopic (exact) mass is 62.1 g/mol. The van der Waals surface area contributed by atoms with Gasteiger partial charge in [0.1, 0.15) is 0 Å². The molecule has 0 N–H and O–H groups in total. The minimum atomic E-state index is 0. The molecule has 0 bridgehead atoms. The fraction of sp³-hybridized carbons (Fsp3) is 0.333. The molecule has 0 saturated carbocycles. The molecule has 0 aliphatic heterocycles. The summed E-state index contributed by atoms with van der Waals surface area (Å²) in [5.74, 6) is 0. The third-order valence-corrected chi connectivity index (χ3v) is 0.112. The molecule has 1 nitrogen and oxygen atoms in total. The molecule has 0 rings (SSSR count). The second-order valence-electron chi connectivity index (χ2n) is 0.408. The van der Waals surface area contributed by atoms with Crippen LogP contribution in [0, 0.1) is 18.3 Å². The Kier molecular flexibility index (Phi) is 15.9. The van der Waals surface area contributed by atoms with E-state index in [1.54, 1.807) is 0 Å². The van der Waals surface area contributed by atoms with Gasteiger partial charge in [-0.05, 0) is 6.92 Å². The van der Waals surface area contributed by atoms with Gasteiger partial charge in [-0.1, -0.05) is 0 Å². The van der Waals surface area contributed by atoms with Crippen molar-refractivity contribution in [1.82, 2.24) is 0 Å². The topological polar surface area (TPSA) is 23.8 Å². The van der Waals surface area contributed by atoms with Gasteiger partial charge in [-0.25, -0.2) is 0 Å². The van der Waals surface area contributed by atoms with E-state index in [1.165, 1.54) is 0 Å². The third-order valence-electron chi connectivity index (χ3n) is 0.112. The van der Waals surface area contributed by atoms with Crippen LogP contribution < -0.4 is 0 Å². The zero-order chi connectivity index (χ0) is 3.41. The normalized spacial score (nSPS) is 4.00. The molecule has 0 spiro atoms. The summed E-state index contributed by atoms with van der Waals surface area (Å²) in [7, 11) is 0. The van der Waals surface area contributed by atoms with Gasteiger partial charge in [0.25, 0.3) is 0 Å². The molecule has 0 aromatic heterocycles. The number of nitriles is 1. The van der Waals surface area contributed by atoms with Crippen LogP contribution in [0.15, 0.2) is 0 Å². The molecule has 0 unspecified atom stereocenters. The quantitative estimate of drug-likeness (QED) is 0.365. The second kappa shape index (κ2) is 8.94. The Hall–Kier alpha value is 0.0874. The number of hydrogen-bond donors (Lipinski definition) is 0. The van der Waals surface area contributed by atoms with Crippen molar-refractivity contribution >= 4 is 18.9 Å². The number of nitrogens with zero attached hydrogens (tertiary/aromatic N) is 1. The molecule has 0 amide bonds. The van der Waals surface area contributed by atoms with E-state index >= 15 is 0 Å². The van der Waals surface area contributed by atoms with Gasteiger partial charge in [-0.2, -0.15) is 5.26 Å². The van der Waals surface area contributed by atoms with Gasteiger partial charge in [-0.3, -0.25) is 0 Å². The molecule has 0 aromatic rings. The van der Waals surface area contributed by atoms with Gasteiger partial charge in [0.15, 0.2) is 0 Å². The molecule has 0 aromatic carbocycles. The van der Waals surface area contributed by atoms with Gasteiger partial charge >= 0.3 is 18.9 Å². The van der Waals surface area contributed by atoms with Crippen LogP contribution in [-0.4, -0.2) is 18.9 Å². The van der Waals surface area contributed by atoms with E-state index in [4.69, 9.17) is 5.26 Å². The first kappa shape index (κ1) is 8.92. The predicted molar refractivity (Wildman–Crippen MR) is 22.7 cm³/mol. The van der Waals surface area contributed by atoms with Crippen LogP contribution in [0.4, 0.5) is 0 Å². The van der Waals surface area contributed by atoms with Crippen LogP contribution in [0.25, 0.3) is 0 Å². The molecule has 1 radical (unpaired) electrons. The van der Waals surface area contributed by atoms with Crippen molar-refractivity contribution < 1.29 is 0 Å². The van der Waals surface area contributed by atoms with Gasteiger partial charge in [-0.15, -0.1) is 0 Å². The van der Waals surface area contributed by atoms with E-state index in [1.807, 2.05) is 6.07 Å². The molecular weight excluding hydrogens is 57.0 g/mol. The van der Waals surface area contributed by atoms with E-state index in [0.717, 1.165) is 0 Å². The zero-order valence-electron chi connectivity index (χ0n) is 2.36. The average molecular weight is 62.0 g/mol. The van der Waals surface area contributed by atoms with E-state index in [9.17, 15) is 0 Å². The standard InChI is InChI=1S/C3H4N.Li.H/c1-2-3-4;;/h1-2H2;;. The van der Waals surface area contributed by atoms with Crippen molar-refractivity contribution in [2.45, 2.75) is 6.42 Å². The van der Waals surface area contributed by atoms with Crippen LogP contribution in [-0.2, 0) is 0 Å². The Labute approximate surface area is 44.2 Å². The summed E-state index contributed by atoms with van der Waals surface area (Å²) in [5, 5.41) is 7.56. The average Bonchev–Trinajstić information content (AvgIpc) is 1.37. The van der Waals surface area contributed by atoms with Crippen molar-refractivity contribution in [3.63, 3.8) is 0 Å². The molecule has 2 heteroatoms. The van der Waals surface area contributed by atoms with Gasteiger partial charge in [0, 0.05) is 6.42 Å². The van der Waals surface area contributed by atoms with E-state index < -0.39 is 0 Å². The summed E-state index contributed by atoms with van der Waals surface area (Å²) in [6.45, 7) is 3.24. The first-order valence-electron chi connectivity index (χ1n) is 1.08. The number of hydrogen-bond acceptors (Lipinski definition) is 1. The van der Waals surface area contributed by atoms with Crippen molar-refractivity contribution in [2.75, 3.05) is 0 Å². The summed E-state index contributed by atoms with van der Waals surface area (Å²) in [6, 6.07) is 1.82. The first-order chi connectivity index (χ1) is 1.91. The maximum absolute atomic E-state index is 7.56. The fourth-order valence-electron chi connectivity index (χ4n) is 0. The first-order valence-corrected chi connectivity index (χ1v) is 1.08. The van der Waals surface area contributed by atoms with Crippen LogP contribution in [0.5, 0.6) is 0 Å². The summed E-state index contributed by atoms with van der Waals surface area (Å²) in [4.78, 5) is 0. The van der Waals surface area contributed by atoms with Crippen molar-refractivity contribution in [3.8, 4) is 6.07 Å². The molecule has 5 heavy (non-hydrogen) atoms. The SMILES string of the molecule is [CH2]CC#N.[LiH]. The molecular formula is C3H5LiN. The van der Waals surface area contributed by atoms with Crippen LogP contribution in [0.1, 0.15) is 6.42 Å². The van der Waals surface area contributed by atoms with Crippen LogP contribution in [0.2, 0.25) is 0 Å². The predicted octanol–water partition coefficient (Wildman–Crippen LogP) is 0.0857. The number of rotatable bonds is 0. The molecule has 23 valence electrons. The molecule has 0 saturated heterocycles. The van der Waals surface area contributed by atoms with E-state index in [0.29, 0.717) is 6.42 Å². The maximum atomic E-state index is 7.56. The van der Waals surface area contributed by atoms with Crippen molar-refractivity contribution in [1.29, 1.82) is 5.26 Å². The van der Waals surface area contributed by atoms with Gasteiger partial charge in [0.2, 0.25) is 0 Å². The molecule has 0 aliphatic carbocycles. The zero-order valence-corrected chi connectivity index (χ0v) is 2.36. The molecule has 0 heterocycles. The Balaban J connectivity index is 0.